The van der Waals surface area contributed by atoms with Crippen LogP contribution in [0.4, 0.5) is 5.69 Å². The Bertz CT molecular complexity index is 1390. The summed E-state index contributed by atoms with van der Waals surface area (Å²) >= 11 is 5.39. The summed E-state index contributed by atoms with van der Waals surface area (Å²) in [6, 6.07) is 36.8. The van der Waals surface area contributed by atoms with E-state index in [-0.39, 0.29) is 0 Å². The van der Waals surface area contributed by atoms with E-state index in [2.05, 4.69) is 42.5 Å². The fourth-order valence-electron chi connectivity index (χ4n) is 3.39. The van der Waals surface area contributed by atoms with Crippen LogP contribution in [-0.4, -0.2) is 20.9 Å². The molecule has 2 nitrogen and oxygen atoms in total. The molecule has 0 aliphatic heterocycles. The van der Waals surface area contributed by atoms with E-state index in [1.165, 1.54) is 12.6 Å². The third-order valence-electron chi connectivity index (χ3n) is 4.86. The molecule has 1 heterocycles. The van der Waals surface area contributed by atoms with Crippen molar-refractivity contribution in [3.8, 4) is 11.3 Å². The molecular formula is C27H18ClNOTe. The van der Waals surface area contributed by atoms with Gasteiger partial charge in [0.1, 0.15) is 0 Å². The van der Waals surface area contributed by atoms with Crippen LogP contribution in [0.2, 0.25) is 5.02 Å². The molecule has 0 bridgehead atoms. The summed E-state index contributed by atoms with van der Waals surface area (Å²) in [7, 11) is 0. The van der Waals surface area contributed by atoms with Crippen LogP contribution in [0, 0.1) is 0 Å². The van der Waals surface area contributed by atoms with Crippen LogP contribution >= 0.6 is 11.6 Å². The van der Waals surface area contributed by atoms with Crippen molar-refractivity contribution in [1.82, 2.24) is 0 Å². The normalized spacial score (nSPS) is 11.7. The molecule has 0 amide bonds. The van der Waals surface area contributed by atoms with E-state index in [0.717, 1.165) is 27.4 Å². The Labute approximate surface area is 195 Å². The van der Waals surface area contributed by atoms with Crippen LogP contribution in [0.1, 0.15) is 0 Å². The van der Waals surface area contributed by atoms with E-state index >= 15 is 0 Å². The summed E-state index contributed by atoms with van der Waals surface area (Å²) in [5.41, 5.74) is 2.57. The zero-order chi connectivity index (χ0) is 21.0. The van der Waals surface area contributed by atoms with Gasteiger partial charge in [0, 0.05) is 0 Å². The van der Waals surface area contributed by atoms with Gasteiger partial charge in [-0.3, -0.25) is 0 Å². The summed E-state index contributed by atoms with van der Waals surface area (Å²) in [5, 5.41) is 2.98. The van der Waals surface area contributed by atoms with Crippen molar-refractivity contribution in [2.75, 3.05) is 0 Å². The number of para-hydroxylation sites is 1. The number of fused-ring (bicyclic) bond motifs is 1. The number of hydrogen-bond donors (Lipinski definition) is 0. The molecule has 5 rings (SSSR count). The standard InChI is InChI=1S/C27H18ClNOTe/c28-20-15-17-22(18-16-20)31-26-23-13-7-8-14-24(23)27(29-21-11-5-2-6-12-21)30-25(26)19-9-3-1-4-10-19/h1-18H. The van der Waals surface area contributed by atoms with Crippen molar-refractivity contribution < 1.29 is 4.42 Å². The van der Waals surface area contributed by atoms with E-state index in [9.17, 15) is 0 Å². The van der Waals surface area contributed by atoms with E-state index in [1.807, 2.05) is 66.7 Å². The molecule has 0 radical (unpaired) electrons. The van der Waals surface area contributed by atoms with Crippen LogP contribution in [-0.2, 0) is 0 Å². The second-order valence-electron chi connectivity index (χ2n) is 6.98. The first kappa shape index (κ1) is 20.1. The van der Waals surface area contributed by atoms with Gasteiger partial charge in [-0.15, -0.1) is 0 Å². The predicted molar refractivity (Wildman–Crippen MR) is 130 cm³/mol. The molecule has 0 saturated carbocycles. The second-order valence-corrected chi connectivity index (χ2v) is 10.5. The zero-order valence-corrected chi connectivity index (χ0v) is 19.6. The third-order valence-corrected chi connectivity index (χ3v) is 8.30. The quantitative estimate of drug-likeness (QED) is 0.274. The average molecular weight is 536 g/mol. The molecule has 0 aliphatic carbocycles. The van der Waals surface area contributed by atoms with Crippen LogP contribution < -0.4 is 12.8 Å². The van der Waals surface area contributed by atoms with Crippen LogP contribution in [0.15, 0.2) is 119 Å². The van der Waals surface area contributed by atoms with Crippen LogP contribution in [0.3, 0.4) is 0 Å². The van der Waals surface area contributed by atoms with Crippen molar-refractivity contribution in [3.05, 3.63) is 120 Å². The van der Waals surface area contributed by atoms with E-state index in [1.54, 1.807) is 0 Å². The van der Waals surface area contributed by atoms with Gasteiger partial charge >= 0.3 is 197 Å². The fraction of sp³-hybridized carbons (Fsp3) is 0. The Hall–Kier alpha value is -2.83. The van der Waals surface area contributed by atoms with Gasteiger partial charge in [-0.2, -0.15) is 0 Å². The second kappa shape index (κ2) is 9.12. The van der Waals surface area contributed by atoms with Gasteiger partial charge in [-0.1, -0.05) is 0 Å². The summed E-state index contributed by atoms with van der Waals surface area (Å²) in [4.78, 5) is 4.85. The molecule has 0 unspecified atom stereocenters. The molecule has 31 heavy (non-hydrogen) atoms. The Balaban J connectivity index is 1.80. The van der Waals surface area contributed by atoms with Gasteiger partial charge in [0.15, 0.2) is 0 Å². The molecule has 4 heteroatoms. The maximum atomic E-state index is 6.55. The molecule has 0 N–H and O–H groups in total. The molecule has 0 aliphatic rings. The number of nitrogens with zero attached hydrogens (tertiary/aromatic N) is 1. The summed E-state index contributed by atoms with van der Waals surface area (Å²) in [6.45, 7) is 0. The van der Waals surface area contributed by atoms with Crippen LogP contribution in [0.25, 0.3) is 22.1 Å². The minimum atomic E-state index is -0.725. The van der Waals surface area contributed by atoms with Gasteiger partial charge < -0.3 is 0 Å². The molecular weight excluding hydrogens is 517 g/mol. The van der Waals surface area contributed by atoms with Crippen molar-refractivity contribution >= 4 is 56.2 Å². The molecule has 0 spiro atoms. The van der Waals surface area contributed by atoms with E-state index in [0.29, 0.717) is 5.55 Å². The van der Waals surface area contributed by atoms with Crippen molar-refractivity contribution in [3.63, 3.8) is 0 Å². The third kappa shape index (κ3) is 4.45. The van der Waals surface area contributed by atoms with Gasteiger partial charge in [-0.05, 0) is 0 Å². The fourth-order valence-corrected chi connectivity index (χ4v) is 6.51. The SMILES string of the molecule is Clc1ccc([Te]c2c(-c3ccccc3)oc(=Nc3ccccc3)c3ccccc23)cc1. The maximum absolute atomic E-state index is 6.55. The number of halogens is 1. The van der Waals surface area contributed by atoms with E-state index < -0.39 is 20.9 Å². The molecule has 0 fully saturated rings. The van der Waals surface area contributed by atoms with Gasteiger partial charge in [0.2, 0.25) is 0 Å². The molecule has 5 aromatic rings. The van der Waals surface area contributed by atoms with Crippen molar-refractivity contribution in [1.29, 1.82) is 0 Å². The van der Waals surface area contributed by atoms with E-state index in [4.69, 9.17) is 21.0 Å². The molecule has 0 saturated heterocycles. The van der Waals surface area contributed by atoms with Gasteiger partial charge in [0.25, 0.3) is 0 Å². The average Bonchev–Trinajstić information content (AvgIpc) is 2.83. The topological polar surface area (TPSA) is 25.5 Å². The monoisotopic (exact) mass is 537 g/mol. The summed E-state index contributed by atoms with van der Waals surface area (Å²) in [5.74, 6) is 0.895. The Kier molecular flexibility index (Phi) is 5.91. The minimum absolute atomic E-state index is 0.632. The molecule has 150 valence electrons. The first-order valence-electron chi connectivity index (χ1n) is 9.92. The number of rotatable bonds is 4. The first-order chi connectivity index (χ1) is 15.3. The number of hydrogen-bond acceptors (Lipinski definition) is 2. The Morgan fingerprint density at radius 2 is 1.26 bits per heavy atom. The molecule has 1 aromatic heterocycles. The molecule has 4 aromatic carbocycles. The van der Waals surface area contributed by atoms with Gasteiger partial charge in [-0.25, -0.2) is 0 Å². The predicted octanol–water partition coefficient (Wildman–Crippen LogP) is 5.64. The Morgan fingerprint density at radius 3 is 1.97 bits per heavy atom. The number of benzene rings is 4. The zero-order valence-electron chi connectivity index (χ0n) is 16.5. The molecule has 0 atom stereocenters. The summed E-state index contributed by atoms with van der Waals surface area (Å²) in [6.07, 6.45) is 0. The van der Waals surface area contributed by atoms with Crippen molar-refractivity contribution in [2.45, 2.75) is 0 Å². The summed E-state index contributed by atoms with van der Waals surface area (Å²) < 4.78 is 9.12. The van der Waals surface area contributed by atoms with Crippen molar-refractivity contribution in [2.24, 2.45) is 4.99 Å². The first-order valence-corrected chi connectivity index (χ1v) is 12.6. The van der Waals surface area contributed by atoms with Gasteiger partial charge in [0.05, 0.1) is 0 Å². The Morgan fingerprint density at radius 1 is 0.645 bits per heavy atom. The van der Waals surface area contributed by atoms with Crippen LogP contribution in [0.5, 0.6) is 0 Å².